The molecule has 158 valence electrons. The number of nitrogens with one attached hydrogen (secondary N) is 1. The van der Waals surface area contributed by atoms with Crippen LogP contribution in [0.2, 0.25) is 0 Å². The van der Waals surface area contributed by atoms with E-state index in [0.717, 1.165) is 31.6 Å². The lowest BCUT2D eigenvalue weighted by atomic mass is 9.92. The molecule has 0 aliphatic carbocycles. The first-order valence-corrected chi connectivity index (χ1v) is 10.4. The maximum absolute atomic E-state index is 12.8. The minimum atomic E-state index is -0.257. The molecule has 3 aromatic rings. The van der Waals surface area contributed by atoms with E-state index in [-0.39, 0.29) is 5.56 Å². The Morgan fingerprint density at radius 3 is 2.53 bits per heavy atom. The highest BCUT2D eigenvalue weighted by molar-refractivity contribution is 5.87. The zero-order valence-corrected chi connectivity index (χ0v) is 17.9. The van der Waals surface area contributed by atoms with Crippen LogP contribution in [0.4, 0.5) is 0 Å². The zero-order valence-electron chi connectivity index (χ0n) is 17.9. The Kier molecular flexibility index (Phi) is 5.72. The van der Waals surface area contributed by atoms with E-state index in [4.69, 9.17) is 14.5 Å². The molecule has 0 bridgehead atoms. The third-order valence-electron chi connectivity index (χ3n) is 5.89. The molecule has 0 saturated carbocycles. The van der Waals surface area contributed by atoms with Gasteiger partial charge in [-0.25, -0.2) is 9.97 Å². The first-order chi connectivity index (χ1) is 14.5. The quantitative estimate of drug-likeness (QED) is 0.695. The van der Waals surface area contributed by atoms with Gasteiger partial charge in [0, 0.05) is 29.8 Å². The maximum Gasteiger partial charge on any atom is 0.262 e. The van der Waals surface area contributed by atoms with Crippen LogP contribution in [-0.2, 0) is 0 Å². The summed E-state index contributed by atoms with van der Waals surface area (Å²) in [5.41, 5.74) is 1.98. The van der Waals surface area contributed by atoms with Crippen LogP contribution in [0.15, 0.2) is 35.1 Å². The highest BCUT2D eigenvalue weighted by atomic mass is 16.5. The maximum atomic E-state index is 12.8. The van der Waals surface area contributed by atoms with Crippen molar-refractivity contribution in [2.45, 2.75) is 38.6 Å². The lowest BCUT2D eigenvalue weighted by Gasteiger charge is -2.34. The van der Waals surface area contributed by atoms with Crippen LogP contribution >= 0.6 is 0 Å². The molecule has 1 fully saturated rings. The summed E-state index contributed by atoms with van der Waals surface area (Å²) in [7, 11) is 3.10. The fourth-order valence-corrected chi connectivity index (χ4v) is 4.13. The van der Waals surface area contributed by atoms with E-state index < -0.39 is 0 Å². The summed E-state index contributed by atoms with van der Waals surface area (Å²) < 4.78 is 10.7. The topological polar surface area (TPSA) is 80.3 Å². The third kappa shape index (κ3) is 3.89. The lowest BCUT2D eigenvalue weighted by molar-refractivity contribution is 0.171. The molecule has 0 atom stereocenters. The van der Waals surface area contributed by atoms with Gasteiger partial charge < -0.3 is 19.4 Å². The van der Waals surface area contributed by atoms with Crippen molar-refractivity contribution < 1.29 is 9.47 Å². The molecule has 1 saturated heterocycles. The number of rotatable bonds is 5. The number of hydrogen-bond acceptors (Lipinski definition) is 6. The number of fused-ring (bicyclic) bond motifs is 1. The summed E-state index contributed by atoms with van der Waals surface area (Å²) in [5.74, 6) is 1.89. The molecule has 0 spiro atoms. The number of ether oxygens (including phenoxy) is 2. The number of H-pyrrole nitrogens is 1. The molecule has 3 heterocycles. The van der Waals surface area contributed by atoms with E-state index in [1.54, 1.807) is 19.2 Å². The van der Waals surface area contributed by atoms with Gasteiger partial charge in [-0.1, -0.05) is 6.07 Å². The summed E-state index contributed by atoms with van der Waals surface area (Å²) in [6, 6.07) is 9.94. The summed E-state index contributed by atoms with van der Waals surface area (Å²) in [6.07, 6.45) is 2.18. The molecule has 1 N–H and O–H groups in total. The number of pyridine rings is 1. The van der Waals surface area contributed by atoms with Gasteiger partial charge in [0.25, 0.3) is 5.56 Å². The number of hydrogen-bond donors (Lipinski definition) is 1. The molecule has 0 unspecified atom stereocenters. The summed E-state index contributed by atoms with van der Waals surface area (Å²) in [4.78, 5) is 27.7. The molecule has 0 amide bonds. The van der Waals surface area contributed by atoms with Crippen molar-refractivity contribution in [1.29, 1.82) is 0 Å². The van der Waals surface area contributed by atoms with Gasteiger partial charge in [-0.15, -0.1) is 0 Å². The third-order valence-corrected chi connectivity index (χ3v) is 5.89. The highest BCUT2D eigenvalue weighted by Crippen LogP contribution is 2.30. The Bertz CT molecular complexity index is 1100. The average Bonchev–Trinajstić information content (AvgIpc) is 2.78. The van der Waals surface area contributed by atoms with Gasteiger partial charge in [0.2, 0.25) is 0 Å². The minimum Gasteiger partial charge on any atom is -0.497 e. The Morgan fingerprint density at radius 1 is 1.10 bits per heavy atom. The van der Waals surface area contributed by atoms with Gasteiger partial charge in [-0.3, -0.25) is 4.79 Å². The van der Waals surface area contributed by atoms with E-state index in [1.165, 1.54) is 7.11 Å². The van der Waals surface area contributed by atoms with E-state index in [2.05, 4.69) is 34.8 Å². The number of nitrogens with zero attached hydrogens (tertiary/aromatic N) is 3. The van der Waals surface area contributed by atoms with Crippen molar-refractivity contribution >= 4 is 10.9 Å². The smallest absolute Gasteiger partial charge is 0.262 e. The zero-order chi connectivity index (χ0) is 21.3. The number of aromatic amines is 1. The fourth-order valence-electron chi connectivity index (χ4n) is 4.13. The molecular weight excluding hydrogens is 380 g/mol. The Labute approximate surface area is 176 Å². The van der Waals surface area contributed by atoms with Gasteiger partial charge in [0.15, 0.2) is 5.82 Å². The summed E-state index contributed by atoms with van der Waals surface area (Å²) >= 11 is 0. The van der Waals surface area contributed by atoms with Crippen LogP contribution in [0, 0.1) is 0 Å². The molecule has 7 nitrogen and oxygen atoms in total. The lowest BCUT2D eigenvalue weighted by Crippen LogP contribution is -2.38. The van der Waals surface area contributed by atoms with Crippen LogP contribution < -0.4 is 15.0 Å². The first kappa shape index (κ1) is 20.3. The van der Waals surface area contributed by atoms with Gasteiger partial charge in [0.1, 0.15) is 22.6 Å². The van der Waals surface area contributed by atoms with Gasteiger partial charge in [-0.2, -0.15) is 0 Å². The Morgan fingerprint density at radius 2 is 1.87 bits per heavy atom. The van der Waals surface area contributed by atoms with Crippen LogP contribution in [0.1, 0.15) is 38.3 Å². The molecular formula is C23H28N4O3. The number of likely N-dealkylation sites (tertiary alicyclic amines) is 1. The standard InChI is InChI=1S/C23H28N4O3/c1-14(2)27-10-8-15(9-11-27)17-6-5-7-18(24-17)22-25-19-12-16(29-3)13-20(30-4)21(19)23(28)26-22/h5-7,12-15H,8-11H2,1-4H3,(H,25,26,28). The molecule has 1 aliphatic heterocycles. The van der Waals surface area contributed by atoms with Crippen LogP contribution in [0.25, 0.3) is 22.4 Å². The number of piperidine rings is 1. The van der Waals surface area contributed by atoms with Crippen molar-refractivity contribution in [3.05, 3.63) is 46.4 Å². The normalized spacial score (nSPS) is 15.6. The van der Waals surface area contributed by atoms with E-state index in [0.29, 0.717) is 45.9 Å². The molecule has 4 rings (SSSR count). The van der Waals surface area contributed by atoms with Gasteiger partial charge >= 0.3 is 0 Å². The van der Waals surface area contributed by atoms with E-state index in [1.807, 2.05) is 12.1 Å². The summed E-state index contributed by atoms with van der Waals surface area (Å²) in [5, 5.41) is 0.402. The Balaban J connectivity index is 1.69. The van der Waals surface area contributed by atoms with Crippen molar-refractivity contribution in [3.8, 4) is 23.0 Å². The molecule has 1 aromatic carbocycles. The number of aromatic nitrogens is 3. The second-order valence-corrected chi connectivity index (χ2v) is 7.99. The minimum absolute atomic E-state index is 0.257. The molecule has 7 heteroatoms. The molecule has 30 heavy (non-hydrogen) atoms. The second-order valence-electron chi connectivity index (χ2n) is 7.99. The Hall–Kier alpha value is -2.93. The van der Waals surface area contributed by atoms with E-state index >= 15 is 0 Å². The largest absolute Gasteiger partial charge is 0.497 e. The van der Waals surface area contributed by atoms with Crippen molar-refractivity contribution in [2.75, 3.05) is 27.3 Å². The highest BCUT2D eigenvalue weighted by Gasteiger charge is 2.23. The number of methoxy groups -OCH3 is 2. The predicted octanol–water partition coefficient (Wildman–Crippen LogP) is 3.59. The molecule has 2 aromatic heterocycles. The SMILES string of the molecule is COc1cc(OC)c2c(=O)[nH]c(-c3cccc(C4CCN(C(C)C)CC4)n3)nc2c1. The second kappa shape index (κ2) is 8.44. The molecule has 1 aliphatic rings. The van der Waals surface area contributed by atoms with Crippen LogP contribution in [0.5, 0.6) is 11.5 Å². The van der Waals surface area contributed by atoms with Crippen LogP contribution in [-0.4, -0.2) is 53.2 Å². The first-order valence-electron chi connectivity index (χ1n) is 10.4. The monoisotopic (exact) mass is 408 g/mol. The summed E-state index contributed by atoms with van der Waals surface area (Å²) in [6.45, 7) is 6.65. The average molecular weight is 409 g/mol. The molecule has 0 radical (unpaired) electrons. The van der Waals surface area contributed by atoms with Crippen LogP contribution in [0.3, 0.4) is 0 Å². The van der Waals surface area contributed by atoms with Crippen molar-refractivity contribution in [2.24, 2.45) is 0 Å². The number of benzene rings is 1. The van der Waals surface area contributed by atoms with Crippen molar-refractivity contribution in [3.63, 3.8) is 0 Å². The predicted molar refractivity (Wildman–Crippen MR) is 117 cm³/mol. The van der Waals surface area contributed by atoms with Crippen molar-refractivity contribution in [1.82, 2.24) is 19.9 Å². The van der Waals surface area contributed by atoms with Gasteiger partial charge in [-0.05, 0) is 51.9 Å². The fraction of sp³-hybridized carbons (Fsp3) is 0.435. The van der Waals surface area contributed by atoms with E-state index in [9.17, 15) is 4.79 Å². The van der Waals surface area contributed by atoms with Gasteiger partial charge in [0.05, 0.1) is 19.7 Å².